The average Bonchev–Trinajstić information content (AvgIpc) is 2.95. The van der Waals surface area contributed by atoms with Gasteiger partial charge in [-0.1, -0.05) is 55.8 Å². The number of alkyl halides is 1. The molecule has 0 atom stereocenters. The van der Waals surface area contributed by atoms with Crippen LogP contribution in [-0.2, 0) is 10.2 Å². The number of aliphatic hydroxyl groups is 1. The molecule has 10 heteroatoms. The van der Waals surface area contributed by atoms with Gasteiger partial charge in [0.2, 0.25) is 5.28 Å². The summed E-state index contributed by atoms with van der Waals surface area (Å²) in [7, 11) is 0. The molecule has 0 amide bonds. The maximum absolute atomic E-state index is 9.70. The predicted molar refractivity (Wildman–Crippen MR) is 161 cm³/mol. The minimum absolute atomic E-state index is 0.0213. The van der Waals surface area contributed by atoms with Gasteiger partial charge in [-0.15, -0.1) is 11.6 Å². The number of fused-ring (bicyclic) bond motifs is 1. The fourth-order valence-electron chi connectivity index (χ4n) is 4.39. The lowest BCUT2D eigenvalue weighted by Crippen LogP contribution is -2.19. The van der Waals surface area contributed by atoms with Crippen molar-refractivity contribution in [1.29, 1.82) is 5.26 Å². The summed E-state index contributed by atoms with van der Waals surface area (Å²) in [6.45, 7) is 5.64. The summed E-state index contributed by atoms with van der Waals surface area (Å²) in [5.41, 5.74) is 4.66. The number of benzene rings is 3. The van der Waals surface area contributed by atoms with Crippen molar-refractivity contribution in [3.05, 3.63) is 81.6 Å². The van der Waals surface area contributed by atoms with Crippen molar-refractivity contribution < 1.29 is 14.6 Å². The van der Waals surface area contributed by atoms with Crippen LogP contribution in [0.1, 0.15) is 30.5 Å². The molecule has 1 aromatic heterocycles. The summed E-state index contributed by atoms with van der Waals surface area (Å²) < 4.78 is 10.9. The summed E-state index contributed by atoms with van der Waals surface area (Å²) in [5, 5.41) is 23.2. The molecule has 7 nitrogen and oxygen atoms in total. The Hall–Kier alpha value is -3.12. The zero-order valence-corrected chi connectivity index (χ0v) is 24.4. The van der Waals surface area contributed by atoms with E-state index in [-0.39, 0.29) is 25.1 Å². The summed E-state index contributed by atoms with van der Waals surface area (Å²) >= 11 is 18.4. The smallest absolute Gasteiger partial charge is 0.224 e. The van der Waals surface area contributed by atoms with Crippen molar-refractivity contribution in [1.82, 2.24) is 9.97 Å². The third kappa shape index (κ3) is 6.77. The van der Waals surface area contributed by atoms with Crippen LogP contribution in [0, 0.1) is 11.3 Å². The van der Waals surface area contributed by atoms with E-state index in [1.54, 1.807) is 0 Å². The molecule has 0 radical (unpaired) electrons. The lowest BCUT2D eigenvalue weighted by molar-refractivity contribution is 0.0992. The van der Waals surface area contributed by atoms with Gasteiger partial charge in [0.1, 0.15) is 18.5 Å². The van der Waals surface area contributed by atoms with Crippen LogP contribution in [0.3, 0.4) is 0 Å². The highest BCUT2D eigenvalue weighted by Gasteiger charge is 2.26. The maximum atomic E-state index is 9.70. The van der Waals surface area contributed by atoms with Gasteiger partial charge in [-0.3, -0.25) is 0 Å². The first-order valence-electron chi connectivity index (χ1n) is 12.7. The Bertz CT molecular complexity index is 1520. The van der Waals surface area contributed by atoms with E-state index in [2.05, 4.69) is 59.5 Å². The van der Waals surface area contributed by atoms with Crippen LogP contribution in [0.2, 0.25) is 10.3 Å². The van der Waals surface area contributed by atoms with Crippen molar-refractivity contribution in [2.24, 2.45) is 0 Å². The first-order valence-corrected chi connectivity index (χ1v) is 14.0. The van der Waals surface area contributed by atoms with E-state index in [0.29, 0.717) is 41.2 Å². The molecule has 0 spiro atoms. The number of aromatic nitrogens is 2. The van der Waals surface area contributed by atoms with E-state index in [9.17, 15) is 5.26 Å². The molecule has 4 aromatic rings. The number of nitrogens with one attached hydrogen (secondary N) is 1. The number of ether oxygens (including phenoxy) is 2. The van der Waals surface area contributed by atoms with Gasteiger partial charge in [0, 0.05) is 17.3 Å². The number of nitrogens with zero attached hydrogens (tertiary/aromatic N) is 3. The molecule has 0 aliphatic heterocycles. The molecular weight excluding hydrogens is 571 g/mol. The Kier molecular flexibility index (Phi) is 10.1. The lowest BCUT2D eigenvalue weighted by Gasteiger charge is -2.27. The van der Waals surface area contributed by atoms with Crippen molar-refractivity contribution >= 4 is 51.5 Å². The molecule has 0 saturated carbocycles. The second-order valence-electron chi connectivity index (χ2n) is 9.52. The Morgan fingerprint density at radius 3 is 2.40 bits per heavy atom. The lowest BCUT2D eigenvalue weighted by atomic mass is 9.77. The standard InChI is InChI=1S/C30H29Cl3N4O3/c1-30(2,23-15-21(18-34)27(25(32)17-23)40-12-9-31)22-6-3-19(4-7-22)20-5-8-26-24(16-20)28(37-29(33)36-26)35-10-13-39-14-11-38/h3-8,15-17,38H,9-14H2,1-2H3,(H,35,36,37). The van der Waals surface area contributed by atoms with Gasteiger partial charge >= 0.3 is 0 Å². The topological polar surface area (TPSA) is 100 Å². The molecule has 1 heterocycles. The summed E-state index contributed by atoms with van der Waals surface area (Å²) in [6, 6.07) is 20.1. The monoisotopic (exact) mass is 598 g/mol. The average molecular weight is 600 g/mol. The molecule has 0 fully saturated rings. The molecule has 0 aliphatic rings. The third-order valence-electron chi connectivity index (χ3n) is 6.59. The molecule has 0 bridgehead atoms. The van der Waals surface area contributed by atoms with Gasteiger partial charge in [-0.25, -0.2) is 9.97 Å². The Balaban J connectivity index is 1.61. The van der Waals surface area contributed by atoms with Crippen LogP contribution in [0.15, 0.2) is 54.6 Å². The Labute approximate surface area is 248 Å². The van der Waals surface area contributed by atoms with Gasteiger partial charge in [-0.2, -0.15) is 5.26 Å². The van der Waals surface area contributed by atoms with E-state index >= 15 is 0 Å². The number of anilines is 1. The van der Waals surface area contributed by atoms with E-state index in [1.165, 1.54) is 0 Å². The normalized spacial score (nSPS) is 11.4. The highest BCUT2D eigenvalue weighted by molar-refractivity contribution is 6.32. The second kappa shape index (κ2) is 13.5. The van der Waals surface area contributed by atoms with Crippen LogP contribution >= 0.6 is 34.8 Å². The van der Waals surface area contributed by atoms with E-state index in [1.807, 2.05) is 30.3 Å². The molecule has 0 aliphatic carbocycles. The minimum Gasteiger partial charge on any atom is -0.489 e. The number of aliphatic hydroxyl groups excluding tert-OH is 1. The number of rotatable bonds is 12. The molecule has 0 unspecified atom stereocenters. The van der Waals surface area contributed by atoms with E-state index in [0.717, 1.165) is 33.2 Å². The van der Waals surface area contributed by atoms with Crippen LogP contribution in [0.5, 0.6) is 5.75 Å². The number of hydrogen-bond donors (Lipinski definition) is 2. The first-order chi connectivity index (χ1) is 19.3. The molecule has 2 N–H and O–H groups in total. The van der Waals surface area contributed by atoms with Crippen LogP contribution in [0.4, 0.5) is 5.82 Å². The number of hydrogen-bond acceptors (Lipinski definition) is 7. The largest absolute Gasteiger partial charge is 0.489 e. The van der Waals surface area contributed by atoms with Crippen LogP contribution < -0.4 is 10.1 Å². The van der Waals surface area contributed by atoms with Gasteiger partial charge in [-0.05, 0) is 58.1 Å². The Morgan fingerprint density at radius 2 is 1.70 bits per heavy atom. The van der Waals surface area contributed by atoms with Gasteiger partial charge < -0.3 is 19.9 Å². The zero-order chi connectivity index (χ0) is 28.7. The van der Waals surface area contributed by atoms with Crippen molar-refractivity contribution in [3.63, 3.8) is 0 Å². The highest BCUT2D eigenvalue weighted by atomic mass is 35.5. The van der Waals surface area contributed by atoms with Crippen molar-refractivity contribution in [3.8, 4) is 22.9 Å². The van der Waals surface area contributed by atoms with E-state index in [4.69, 9.17) is 49.4 Å². The van der Waals surface area contributed by atoms with Crippen LogP contribution in [0.25, 0.3) is 22.0 Å². The quantitative estimate of drug-likeness (QED) is 0.104. The predicted octanol–water partition coefficient (Wildman–Crippen LogP) is 6.84. The molecule has 208 valence electrons. The zero-order valence-electron chi connectivity index (χ0n) is 22.2. The van der Waals surface area contributed by atoms with Crippen LogP contribution in [-0.4, -0.2) is 53.9 Å². The second-order valence-corrected chi connectivity index (χ2v) is 10.6. The first kappa shape index (κ1) is 29.9. The third-order valence-corrected chi connectivity index (χ3v) is 7.20. The molecule has 4 rings (SSSR count). The fourth-order valence-corrected chi connectivity index (χ4v) is 4.92. The summed E-state index contributed by atoms with van der Waals surface area (Å²) in [5.74, 6) is 1.27. The van der Waals surface area contributed by atoms with Gasteiger partial charge in [0.05, 0.1) is 41.8 Å². The summed E-state index contributed by atoms with van der Waals surface area (Å²) in [4.78, 5) is 8.72. The highest BCUT2D eigenvalue weighted by Crippen LogP contribution is 2.39. The van der Waals surface area contributed by atoms with Crippen molar-refractivity contribution in [2.75, 3.05) is 44.2 Å². The number of nitriles is 1. The fraction of sp³-hybridized carbons (Fsp3) is 0.300. The van der Waals surface area contributed by atoms with Gasteiger partial charge in [0.15, 0.2) is 5.75 Å². The molecule has 40 heavy (non-hydrogen) atoms. The SMILES string of the molecule is CC(C)(c1ccc(-c2ccc3nc(Cl)nc(NCCOCCO)c3c2)cc1)c1cc(Cl)c(OCCCl)c(C#N)c1. The summed E-state index contributed by atoms with van der Waals surface area (Å²) in [6.07, 6.45) is 0. The maximum Gasteiger partial charge on any atom is 0.224 e. The minimum atomic E-state index is -0.429. The van der Waals surface area contributed by atoms with Crippen molar-refractivity contribution in [2.45, 2.75) is 19.3 Å². The van der Waals surface area contributed by atoms with E-state index < -0.39 is 5.41 Å². The molecule has 3 aromatic carbocycles. The van der Waals surface area contributed by atoms with Gasteiger partial charge in [0.25, 0.3) is 0 Å². The molecular formula is C30H29Cl3N4O3. The number of halogens is 3. The molecule has 0 saturated heterocycles. The Morgan fingerprint density at radius 1 is 0.950 bits per heavy atom.